The first-order valence-electron chi connectivity index (χ1n) is 10.7. The maximum atomic E-state index is 12.8. The number of nitrogens with zero attached hydrogens (tertiary/aromatic N) is 3. The highest BCUT2D eigenvalue weighted by atomic mass is 35.5. The number of esters is 3. The fourth-order valence-electron chi connectivity index (χ4n) is 3.51. The molecule has 0 aliphatic heterocycles. The van der Waals surface area contributed by atoms with Crippen molar-refractivity contribution >= 4 is 29.5 Å². The van der Waals surface area contributed by atoms with E-state index in [0.29, 0.717) is 11.3 Å². The number of methoxy groups -OCH3 is 3. The summed E-state index contributed by atoms with van der Waals surface area (Å²) in [5, 5.41) is 4.70. The third-order valence-electron chi connectivity index (χ3n) is 5.23. The molecule has 0 aliphatic carbocycles. The Kier molecular flexibility index (Phi) is 7.49. The standard InChI is InChI=1S/C26H20ClN3O7/c1-34-24(31)16-11-12-28-20(14-16)37-19-10-9-15(13-18(19)27)22-21(25(32)35-2)23(26(33)36-3)30(29-22)17-7-5-4-6-8-17/h4-14H,1-3H3. The van der Waals surface area contributed by atoms with E-state index in [-0.39, 0.29) is 39.2 Å². The second-order valence-electron chi connectivity index (χ2n) is 7.42. The van der Waals surface area contributed by atoms with Crippen molar-refractivity contribution in [3.05, 3.63) is 88.7 Å². The SMILES string of the molecule is COC(=O)c1ccnc(Oc2ccc(-c3nn(-c4ccccc4)c(C(=O)OC)c3C(=O)OC)cc2Cl)c1. The quantitative estimate of drug-likeness (QED) is 0.251. The van der Waals surface area contributed by atoms with Gasteiger partial charge in [-0.1, -0.05) is 29.8 Å². The van der Waals surface area contributed by atoms with Crippen LogP contribution in [0.1, 0.15) is 31.2 Å². The minimum absolute atomic E-state index is 0.0876. The van der Waals surface area contributed by atoms with Gasteiger partial charge < -0.3 is 18.9 Å². The summed E-state index contributed by atoms with van der Waals surface area (Å²) in [6.45, 7) is 0. The molecule has 10 nitrogen and oxygen atoms in total. The van der Waals surface area contributed by atoms with E-state index in [2.05, 4.69) is 10.1 Å². The monoisotopic (exact) mass is 521 g/mol. The maximum Gasteiger partial charge on any atom is 0.357 e. The molecule has 188 valence electrons. The summed E-state index contributed by atoms with van der Waals surface area (Å²) in [6.07, 6.45) is 1.40. The zero-order chi connectivity index (χ0) is 26.5. The van der Waals surface area contributed by atoms with Crippen LogP contribution in [0.25, 0.3) is 16.9 Å². The van der Waals surface area contributed by atoms with Crippen molar-refractivity contribution in [2.45, 2.75) is 0 Å². The number of carbonyl (C=O) groups excluding carboxylic acids is 3. The Labute approximate surface area is 216 Å². The van der Waals surface area contributed by atoms with Crippen LogP contribution in [0.2, 0.25) is 5.02 Å². The second kappa shape index (κ2) is 10.9. The van der Waals surface area contributed by atoms with Crippen LogP contribution in [0, 0.1) is 0 Å². The van der Waals surface area contributed by atoms with Gasteiger partial charge in [-0.15, -0.1) is 0 Å². The summed E-state index contributed by atoms with van der Waals surface area (Å²) in [4.78, 5) is 41.4. The summed E-state index contributed by atoms with van der Waals surface area (Å²) in [5.74, 6) is -1.74. The van der Waals surface area contributed by atoms with Crippen molar-refractivity contribution < 1.29 is 33.3 Å². The lowest BCUT2D eigenvalue weighted by molar-refractivity contribution is 0.0549. The Balaban J connectivity index is 1.80. The lowest BCUT2D eigenvalue weighted by atomic mass is 10.1. The average Bonchev–Trinajstić information content (AvgIpc) is 3.34. The smallest absolute Gasteiger partial charge is 0.357 e. The molecule has 11 heteroatoms. The van der Waals surface area contributed by atoms with Crippen LogP contribution in [-0.2, 0) is 14.2 Å². The lowest BCUT2D eigenvalue weighted by Gasteiger charge is -2.09. The van der Waals surface area contributed by atoms with Gasteiger partial charge in [-0.2, -0.15) is 5.10 Å². The molecule has 4 aromatic rings. The molecule has 0 fully saturated rings. The van der Waals surface area contributed by atoms with Gasteiger partial charge in [-0.3, -0.25) is 0 Å². The third-order valence-corrected chi connectivity index (χ3v) is 5.53. The van der Waals surface area contributed by atoms with E-state index < -0.39 is 17.9 Å². The molecule has 2 aromatic carbocycles. The van der Waals surface area contributed by atoms with Crippen molar-refractivity contribution in [3.8, 4) is 28.6 Å². The van der Waals surface area contributed by atoms with Crippen LogP contribution in [0.4, 0.5) is 0 Å². The lowest BCUT2D eigenvalue weighted by Crippen LogP contribution is -2.15. The normalized spacial score (nSPS) is 10.5. The highest BCUT2D eigenvalue weighted by molar-refractivity contribution is 6.32. The molecule has 0 amide bonds. The number of hydrogen-bond acceptors (Lipinski definition) is 9. The minimum atomic E-state index is -0.780. The molecule has 0 bridgehead atoms. The van der Waals surface area contributed by atoms with Gasteiger partial charge in [-0.05, 0) is 36.4 Å². The molecular formula is C26H20ClN3O7. The highest BCUT2D eigenvalue weighted by Crippen LogP contribution is 2.35. The predicted molar refractivity (Wildman–Crippen MR) is 132 cm³/mol. The number of hydrogen-bond donors (Lipinski definition) is 0. The van der Waals surface area contributed by atoms with Crippen molar-refractivity contribution in [1.82, 2.24) is 14.8 Å². The summed E-state index contributed by atoms with van der Waals surface area (Å²) >= 11 is 6.49. The van der Waals surface area contributed by atoms with Gasteiger partial charge in [0.2, 0.25) is 5.88 Å². The van der Waals surface area contributed by atoms with E-state index in [0.717, 1.165) is 0 Å². The van der Waals surface area contributed by atoms with Crippen LogP contribution in [-0.4, -0.2) is 54.0 Å². The first-order chi connectivity index (χ1) is 17.9. The van der Waals surface area contributed by atoms with Gasteiger partial charge >= 0.3 is 17.9 Å². The topological polar surface area (TPSA) is 119 Å². The Hall–Kier alpha value is -4.70. The zero-order valence-electron chi connectivity index (χ0n) is 19.9. The molecule has 37 heavy (non-hydrogen) atoms. The third kappa shape index (κ3) is 5.14. The highest BCUT2D eigenvalue weighted by Gasteiger charge is 2.31. The largest absolute Gasteiger partial charge is 0.465 e. The molecule has 0 atom stereocenters. The molecule has 0 spiro atoms. The number of rotatable bonds is 7. The maximum absolute atomic E-state index is 12.8. The van der Waals surface area contributed by atoms with Gasteiger partial charge in [0.05, 0.1) is 37.6 Å². The van der Waals surface area contributed by atoms with Gasteiger partial charge in [0.15, 0.2) is 5.69 Å². The Morgan fingerprint density at radius 3 is 2.19 bits per heavy atom. The number of para-hydroxylation sites is 1. The number of halogens is 1. The van der Waals surface area contributed by atoms with Crippen LogP contribution in [0.5, 0.6) is 11.6 Å². The Bertz CT molecular complexity index is 1490. The number of aromatic nitrogens is 3. The van der Waals surface area contributed by atoms with Crippen LogP contribution >= 0.6 is 11.6 Å². The van der Waals surface area contributed by atoms with Crippen molar-refractivity contribution in [2.75, 3.05) is 21.3 Å². The van der Waals surface area contributed by atoms with Crippen LogP contribution in [0.3, 0.4) is 0 Å². The summed E-state index contributed by atoms with van der Waals surface area (Å²) in [6, 6.07) is 16.4. The molecule has 0 saturated heterocycles. The summed E-state index contributed by atoms with van der Waals surface area (Å²) in [5.41, 5.74) is 1.15. The predicted octanol–water partition coefficient (Wildman–Crippen LogP) is 4.74. The van der Waals surface area contributed by atoms with Gasteiger partial charge in [-0.25, -0.2) is 24.0 Å². The van der Waals surface area contributed by atoms with Gasteiger partial charge in [0.1, 0.15) is 17.0 Å². The Morgan fingerprint density at radius 1 is 0.838 bits per heavy atom. The fourth-order valence-corrected chi connectivity index (χ4v) is 3.73. The first kappa shape index (κ1) is 25.4. The van der Waals surface area contributed by atoms with E-state index in [1.54, 1.807) is 42.5 Å². The summed E-state index contributed by atoms with van der Waals surface area (Å²) < 4.78 is 21.7. The van der Waals surface area contributed by atoms with Crippen LogP contribution in [0.15, 0.2) is 66.9 Å². The van der Waals surface area contributed by atoms with Gasteiger partial charge in [0, 0.05) is 17.8 Å². The molecule has 0 saturated carbocycles. The Morgan fingerprint density at radius 2 is 1.54 bits per heavy atom. The molecule has 2 aromatic heterocycles. The molecular weight excluding hydrogens is 502 g/mol. The second-order valence-corrected chi connectivity index (χ2v) is 7.83. The molecule has 0 N–H and O–H groups in total. The molecule has 0 unspecified atom stereocenters. The van der Waals surface area contributed by atoms with Crippen molar-refractivity contribution in [2.24, 2.45) is 0 Å². The average molecular weight is 522 g/mol. The van der Waals surface area contributed by atoms with Crippen molar-refractivity contribution in [3.63, 3.8) is 0 Å². The number of pyridine rings is 1. The molecule has 0 aliphatic rings. The van der Waals surface area contributed by atoms with Crippen molar-refractivity contribution in [1.29, 1.82) is 0 Å². The van der Waals surface area contributed by atoms with E-state index in [4.69, 9.17) is 30.5 Å². The molecule has 0 radical (unpaired) electrons. The number of benzene rings is 2. The molecule has 2 heterocycles. The molecule has 4 rings (SSSR count). The van der Waals surface area contributed by atoms with Crippen LogP contribution < -0.4 is 4.74 Å². The van der Waals surface area contributed by atoms with Gasteiger partial charge in [0.25, 0.3) is 0 Å². The zero-order valence-corrected chi connectivity index (χ0v) is 20.7. The first-order valence-corrected chi connectivity index (χ1v) is 11.1. The van der Waals surface area contributed by atoms with E-state index in [1.807, 2.05) is 0 Å². The van der Waals surface area contributed by atoms with E-state index in [9.17, 15) is 14.4 Å². The van der Waals surface area contributed by atoms with E-state index in [1.165, 1.54) is 50.4 Å². The summed E-state index contributed by atoms with van der Waals surface area (Å²) in [7, 11) is 3.68. The fraction of sp³-hybridized carbons (Fsp3) is 0.115. The number of ether oxygens (including phenoxy) is 4. The minimum Gasteiger partial charge on any atom is -0.465 e. The number of carbonyl (C=O) groups is 3. The van der Waals surface area contributed by atoms with E-state index >= 15 is 0 Å².